The van der Waals surface area contributed by atoms with Gasteiger partial charge in [0, 0.05) is 12.2 Å². The van der Waals surface area contributed by atoms with Crippen molar-refractivity contribution < 1.29 is 67.1 Å². The van der Waals surface area contributed by atoms with Gasteiger partial charge in [-0.25, -0.2) is 9.59 Å². The number of hydrogen-bond donors (Lipinski definition) is 2. The van der Waals surface area contributed by atoms with Gasteiger partial charge in [0.1, 0.15) is 0 Å². The van der Waals surface area contributed by atoms with Crippen molar-refractivity contribution in [1.82, 2.24) is 0 Å². The molecule has 4 nitrogen and oxygen atoms in total. The average molecular weight is 967 g/mol. The van der Waals surface area contributed by atoms with Gasteiger partial charge < -0.3 is 10.2 Å². The maximum atomic E-state index is 13.2. The van der Waals surface area contributed by atoms with Gasteiger partial charge in [0.2, 0.25) is 0 Å². The molecule has 306 valence electrons. The summed E-state index contributed by atoms with van der Waals surface area (Å²) in [6, 6.07) is 19.2. The predicted molar refractivity (Wildman–Crippen MR) is 217 cm³/mol. The van der Waals surface area contributed by atoms with Crippen LogP contribution in [0.15, 0.2) is 96.1 Å². The molecule has 7 rings (SSSR count). The Balaban J connectivity index is 0.000000389. The molecule has 0 heterocycles. The molecule has 4 aliphatic rings. The van der Waals surface area contributed by atoms with Gasteiger partial charge in [0.05, 0.1) is 0 Å². The number of allylic oxidation sites excluding steroid dienone is 2. The quantitative estimate of drug-likeness (QED) is 0.183. The summed E-state index contributed by atoms with van der Waals surface area (Å²) in [6.45, 7) is 3.84. The fraction of sp³-hybridized carbons (Fsp3) is 0.478. The number of benzene rings is 3. The maximum absolute atomic E-state index is 13.2. The number of halogens is 3. The first-order chi connectivity index (χ1) is 26.0. The molecule has 0 atom stereocenters. The Morgan fingerprint density at radius 1 is 0.464 bits per heavy atom. The van der Waals surface area contributed by atoms with Crippen molar-refractivity contribution in [1.29, 1.82) is 0 Å². The van der Waals surface area contributed by atoms with Crippen LogP contribution in [0.2, 0.25) is 0 Å². The Morgan fingerprint density at radius 2 is 0.679 bits per heavy atom. The SMILES string of the molecule is C/C(=C\C(=O)O)C1CCCC1.C/C(=C\C(=O)O)C1CCCC1.C1CCCC1.C1CCCC1.Fc1cc[c]([Sb]([c]2ccc(F)cc2)[c]2ccc(F)cc2)cc1.[Fe+2].[Fe+2]. The number of aliphatic carboxylic acids is 2. The van der Waals surface area contributed by atoms with Crippen LogP contribution in [0.4, 0.5) is 13.2 Å². The van der Waals surface area contributed by atoms with Crippen LogP contribution in [-0.4, -0.2) is 42.4 Å². The number of rotatable bonds is 7. The summed E-state index contributed by atoms with van der Waals surface area (Å²) in [6.07, 6.45) is 27.4. The Kier molecular flexibility index (Phi) is 27.6. The Bertz CT molecular complexity index is 1400. The summed E-state index contributed by atoms with van der Waals surface area (Å²) in [7, 11) is 0. The van der Waals surface area contributed by atoms with E-state index in [2.05, 4.69) is 0 Å². The van der Waals surface area contributed by atoms with Crippen molar-refractivity contribution in [2.24, 2.45) is 11.8 Å². The fourth-order valence-electron chi connectivity index (χ4n) is 7.37. The van der Waals surface area contributed by atoms with E-state index in [0.29, 0.717) is 11.8 Å². The third-order valence-corrected chi connectivity index (χ3v) is 17.4. The molecule has 0 aliphatic heterocycles. The summed E-state index contributed by atoms with van der Waals surface area (Å²) in [5.74, 6) is -1.40. The molecular weight excluding hydrogens is 907 g/mol. The zero-order valence-electron chi connectivity index (χ0n) is 33.0. The monoisotopic (exact) mass is 966 g/mol. The summed E-state index contributed by atoms with van der Waals surface area (Å²) in [5, 5.41) is 16.9. The molecule has 0 amide bonds. The van der Waals surface area contributed by atoms with E-state index in [4.69, 9.17) is 10.2 Å². The largest absolute Gasteiger partial charge is 2.00 e. The molecule has 0 unspecified atom stereocenters. The van der Waals surface area contributed by atoms with Crippen LogP contribution < -0.4 is 10.5 Å². The van der Waals surface area contributed by atoms with Crippen LogP contribution in [-0.2, 0) is 43.7 Å². The van der Waals surface area contributed by atoms with Crippen LogP contribution in [0.3, 0.4) is 0 Å². The number of carbonyl (C=O) groups is 2. The van der Waals surface area contributed by atoms with Gasteiger partial charge in [-0.2, -0.15) is 0 Å². The van der Waals surface area contributed by atoms with Gasteiger partial charge >= 0.3 is 180 Å². The van der Waals surface area contributed by atoms with Crippen LogP contribution in [0.1, 0.15) is 129 Å². The molecule has 4 aliphatic carbocycles. The van der Waals surface area contributed by atoms with Crippen LogP contribution in [0.5, 0.6) is 0 Å². The van der Waals surface area contributed by atoms with E-state index in [0.717, 1.165) is 21.7 Å². The van der Waals surface area contributed by atoms with Gasteiger partial charge in [-0.15, -0.1) is 0 Å². The van der Waals surface area contributed by atoms with Crippen LogP contribution >= 0.6 is 0 Å². The smallest absolute Gasteiger partial charge is 2.00 e. The molecule has 3 aromatic carbocycles. The normalized spacial score (nSPS) is 16.7. The molecule has 56 heavy (non-hydrogen) atoms. The first-order valence-corrected chi connectivity index (χ1v) is 23.8. The third kappa shape index (κ3) is 20.9. The number of hydrogen-bond acceptors (Lipinski definition) is 2. The predicted octanol–water partition coefficient (Wildman–Crippen LogP) is 10.9. The van der Waals surface area contributed by atoms with E-state index in [1.807, 2.05) is 13.8 Å². The minimum absolute atomic E-state index is 0. The van der Waals surface area contributed by atoms with Gasteiger partial charge in [-0.3, -0.25) is 0 Å². The van der Waals surface area contributed by atoms with Crippen molar-refractivity contribution in [3.63, 3.8) is 0 Å². The Morgan fingerprint density at radius 3 is 0.875 bits per heavy atom. The molecular formula is C46H60F3Fe2O4Sb+4. The molecule has 0 radical (unpaired) electrons. The van der Waals surface area contributed by atoms with E-state index in [-0.39, 0.29) is 51.6 Å². The van der Waals surface area contributed by atoms with E-state index in [1.165, 1.54) is 164 Å². The number of carboxylic acids is 2. The molecule has 0 spiro atoms. The average Bonchev–Trinajstić information content (AvgIpc) is 4.01. The minimum Gasteiger partial charge on any atom is 2.00 e. The van der Waals surface area contributed by atoms with E-state index in [9.17, 15) is 22.8 Å². The molecule has 0 saturated heterocycles. The summed E-state index contributed by atoms with van der Waals surface area (Å²) >= 11 is -2.40. The van der Waals surface area contributed by atoms with Crippen molar-refractivity contribution >= 4 is 42.7 Å². The van der Waals surface area contributed by atoms with Gasteiger partial charge in [0.15, 0.2) is 0 Å². The molecule has 2 N–H and O–H groups in total. The summed E-state index contributed by atoms with van der Waals surface area (Å²) in [4.78, 5) is 20.6. The first kappa shape index (κ1) is 51.7. The number of carboxylic acid groups (broad SMARTS) is 2. The molecule has 3 aromatic rings. The van der Waals surface area contributed by atoms with E-state index in [1.54, 1.807) is 36.4 Å². The van der Waals surface area contributed by atoms with E-state index < -0.39 is 32.1 Å². The molecule has 4 fully saturated rings. The van der Waals surface area contributed by atoms with Gasteiger partial charge in [0.25, 0.3) is 0 Å². The summed E-state index contributed by atoms with van der Waals surface area (Å²) < 4.78 is 42.7. The van der Waals surface area contributed by atoms with Crippen LogP contribution in [0.25, 0.3) is 0 Å². The molecule has 0 bridgehead atoms. The zero-order chi connectivity index (χ0) is 39.1. The zero-order valence-corrected chi connectivity index (χ0v) is 37.7. The first-order valence-electron chi connectivity index (χ1n) is 19.9. The van der Waals surface area contributed by atoms with Crippen molar-refractivity contribution in [3.8, 4) is 0 Å². The summed E-state index contributed by atoms with van der Waals surface area (Å²) in [5.41, 5.74) is 2.07. The van der Waals surface area contributed by atoms with Crippen molar-refractivity contribution in [2.45, 2.75) is 129 Å². The second-order valence-corrected chi connectivity index (χ2v) is 21.1. The third-order valence-electron chi connectivity index (χ3n) is 10.5. The topological polar surface area (TPSA) is 74.6 Å². The second-order valence-electron chi connectivity index (χ2n) is 14.7. The minimum atomic E-state index is -2.40. The Hall–Kier alpha value is -2.27. The van der Waals surface area contributed by atoms with Crippen LogP contribution in [0, 0.1) is 29.3 Å². The molecule has 10 heteroatoms. The van der Waals surface area contributed by atoms with Crippen molar-refractivity contribution in [2.75, 3.05) is 0 Å². The second kappa shape index (κ2) is 29.9. The Labute approximate surface area is 362 Å². The van der Waals surface area contributed by atoms with E-state index >= 15 is 0 Å². The standard InChI is InChI=1S/2C9H14O2.3C6H4F.2C5H10.2Fe.Sb/c2*1-7(6-9(10)11)8-4-2-3-5-8;3*7-6-4-2-1-3-5-6;2*1-2-4-5-3-1;;;/h2*6,8H,2-5H2,1H3,(H,10,11);3*2-5H;2*1-5H2;;;/q;;;;;;;2*+2;/b2*7-6+;;;;;;;;. The maximum Gasteiger partial charge on any atom is 2.00 e. The van der Waals surface area contributed by atoms with Gasteiger partial charge in [-0.1, -0.05) is 101 Å². The molecule has 0 aromatic heterocycles. The fourth-order valence-corrected chi connectivity index (χ4v) is 13.8. The molecule has 4 saturated carbocycles. The van der Waals surface area contributed by atoms with Gasteiger partial charge in [-0.05, 0) is 51.4 Å². The van der Waals surface area contributed by atoms with Crippen molar-refractivity contribution in [3.05, 3.63) is 114 Å².